The first-order valence-electron chi connectivity index (χ1n) is 8.03. The van der Waals surface area contributed by atoms with E-state index in [4.69, 9.17) is 0 Å². The molecule has 1 N–H and O–H groups in total. The van der Waals surface area contributed by atoms with Crippen LogP contribution in [-0.2, 0) is 5.41 Å². The molecule has 114 valence electrons. The van der Waals surface area contributed by atoms with Crippen LogP contribution in [0.3, 0.4) is 0 Å². The summed E-state index contributed by atoms with van der Waals surface area (Å²) < 4.78 is 0. The fourth-order valence-corrected chi connectivity index (χ4v) is 2.75. The highest BCUT2D eigenvalue weighted by molar-refractivity contribution is 5.25. The molecule has 0 saturated heterocycles. The van der Waals surface area contributed by atoms with Gasteiger partial charge in [-0.05, 0) is 38.9 Å². The molecule has 0 fully saturated rings. The lowest BCUT2D eigenvalue weighted by molar-refractivity contribution is 0.172. The van der Waals surface area contributed by atoms with Gasteiger partial charge in [-0.1, -0.05) is 51.1 Å². The molecule has 1 atom stereocenters. The smallest absolute Gasteiger partial charge is 0.0177 e. The average molecular weight is 276 g/mol. The lowest BCUT2D eigenvalue weighted by atomic mass is 9.81. The fraction of sp³-hybridized carbons (Fsp3) is 0.667. The van der Waals surface area contributed by atoms with Crippen LogP contribution in [0.2, 0.25) is 0 Å². The van der Waals surface area contributed by atoms with Gasteiger partial charge >= 0.3 is 0 Å². The van der Waals surface area contributed by atoms with Crippen molar-refractivity contribution in [2.45, 2.75) is 52.5 Å². The summed E-state index contributed by atoms with van der Waals surface area (Å²) in [5, 5.41) is 3.55. The summed E-state index contributed by atoms with van der Waals surface area (Å²) in [6.07, 6.45) is 1.21. The van der Waals surface area contributed by atoms with Crippen LogP contribution in [0.5, 0.6) is 0 Å². The van der Waals surface area contributed by atoms with Gasteiger partial charge < -0.3 is 10.2 Å². The lowest BCUT2D eigenvalue weighted by Crippen LogP contribution is -2.47. The summed E-state index contributed by atoms with van der Waals surface area (Å²) in [5.41, 5.74) is 1.60. The molecule has 0 bridgehead atoms. The van der Waals surface area contributed by atoms with Gasteiger partial charge in [0.05, 0.1) is 0 Å². The van der Waals surface area contributed by atoms with E-state index in [0.29, 0.717) is 6.04 Å². The van der Waals surface area contributed by atoms with Crippen molar-refractivity contribution in [3.8, 4) is 0 Å². The molecule has 1 unspecified atom stereocenters. The van der Waals surface area contributed by atoms with Gasteiger partial charge in [0.25, 0.3) is 0 Å². The molecule has 0 spiro atoms. The van der Waals surface area contributed by atoms with Gasteiger partial charge in [0, 0.05) is 24.5 Å². The Labute approximate surface area is 125 Å². The van der Waals surface area contributed by atoms with Gasteiger partial charge in [0.1, 0.15) is 0 Å². The summed E-state index contributed by atoms with van der Waals surface area (Å²) in [5.74, 6) is 0. The normalized spacial score (nSPS) is 14.8. The number of hydrogen-bond acceptors (Lipinski definition) is 2. The highest BCUT2D eigenvalue weighted by Crippen LogP contribution is 2.25. The maximum atomic E-state index is 3.55. The molecule has 2 nitrogen and oxygen atoms in total. The molecule has 0 aliphatic rings. The molecule has 0 amide bonds. The van der Waals surface area contributed by atoms with E-state index in [0.717, 1.165) is 19.6 Å². The quantitative estimate of drug-likeness (QED) is 0.740. The first-order valence-corrected chi connectivity index (χ1v) is 8.03. The van der Waals surface area contributed by atoms with E-state index in [1.165, 1.54) is 18.5 Å². The molecular formula is C18H32N2. The maximum Gasteiger partial charge on any atom is 0.0177 e. The summed E-state index contributed by atoms with van der Waals surface area (Å²) in [4.78, 5) is 2.60. The minimum absolute atomic E-state index is 0.163. The van der Waals surface area contributed by atoms with Crippen molar-refractivity contribution in [2.75, 3.05) is 26.2 Å². The van der Waals surface area contributed by atoms with Crippen molar-refractivity contribution < 1.29 is 0 Å². The first kappa shape index (κ1) is 17.2. The summed E-state index contributed by atoms with van der Waals surface area (Å²) in [7, 11) is 0. The summed E-state index contributed by atoms with van der Waals surface area (Å²) in [6.45, 7) is 15.8. The second kappa shape index (κ2) is 8.43. The molecule has 20 heavy (non-hydrogen) atoms. The molecule has 0 heterocycles. The Morgan fingerprint density at radius 3 is 2.30 bits per heavy atom. The van der Waals surface area contributed by atoms with Crippen LogP contribution in [0.15, 0.2) is 30.3 Å². The fourth-order valence-electron chi connectivity index (χ4n) is 2.75. The molecule has 0 aliphatic carbocycles. The van der Waals surface area contributed by atoms with Crippen molar-refractivity contribution in [3.05, 3.63) is 35.9 Å². The minimum atomic E-state index is 0.163. The van der Waals surface area contributed by atoms with Gasteiger partial charge in [0.2, 0.25) is 0 Å². The van der Waals surface area contributed by atoms with Crippen LogP contribution < -0.4 is 5.32 Å². The Kier molecular flexibility index (Phi) is 7.25. The Hall–Kier alpha value is -0.860. The zero-order valence-corrected chi connectivity index (χ0v) is 13.9. The lowest BCUT2D eigenvalue weighted by Gasteiger charge is -2.38. The molecule has 1 aromatic rings. The van der Waals surface area contributed by atoms with Crippen LogP contribution in [0, 0.1) is 0 Å². The van der Waals surface area contributed by atoms with Crippen molar-refractivity contribution in [2.24, 2.45) is 0 Å². The summed E-state index contributed by atoms with van der Waals surface area (Å²) >= 11 is 0. The average Bonchev–Trinajstić information content (AvgIpc) is 2.45. The first-order chi connectivity index (χ1) is 9.53. The number of hydrogen-bond donors (Lipinski definition) is 1. The van der Waals surface area contributed by atoms with Crippen molar-refractivity contribution in [1.82, 2.24) is 10.2 Å². The van der Waals surface area contributed by atoms with Crippen LogP contribution >= 0.6 is 0 Å². The van der Waals surface area contributed by atoms with E-state index in [1.54, 1.807) is 0 Å². The van der Waals surface area contributed by atoms with Crippen LogP contribution in [0.1, 0.15) is 46.6 Å². The third-order valence-electron chi connectivity index (χ3n) is 4.03. The Bertz CT molecular complexity index is 361. The van der Waals surface area contributed by atoms with E-state index in [9.17, 15) is 0 Å². The molecule has 2 heteroatoms. The SMILES string of the molecule is CCCN(CC(C)(CNCC)c1ccccc1)C(C)C. The number of nitrogens with zero attached hydrogens (tertiary/aromatic N) is 1. The number of likely N-dealkylation sites (N-methyl/N-ethyl adjacent to an activating group) is 1. The molecule has 0 saturated carbocycles. The molecule has 1 aromatic carbocycles. The van der Waals surface area contributed by atoms with Crippen molar-refractivity contribution >= 4 is 0 Å². The molecule has 1 rings (SSSR count). The number of benzene rings is 1. The predicted octanol–water partition coefficient (Wildman–Crippen LogP) is 3.67. The molecular weight excluding hydrogens is 244 g/mol. The van der Waals surface area contributed by atoms with Crippen molar-refractivity contribution in [1.29, 1.82) is 0 Å². The largest absolute Gasteiger partial charge is 0.316 e. The Balaban J connectivity index is 2.92. The van der Waals surface area contributed by atoms with E-state index in [-0.39, 0.29) is 5.41 Å². The third kappa shape index (κ3) is 4.92. The molecule has 0 radical (unpaired) electrons. The Morgan fingerprint density at radius 1 is 1.15 bits per heavy atom. The number of nitrogens with one attached hydrogen (secondary N) is 1. The van der Waals surface area contributed by atoms with Crippen LogP contribution in [0.4, 0.5) is 0 Å². The standard InChI is InChI=1S/C18H32N2/c1-6-13-20(16(3)4)15-18(5,14-19-7-2)17-11-9-8-10-12-17/h8-12,16,19H,6-7,13-15H2,1-5H3. The van der Waals surface area contributed by atoms with E-state index in [1.807, 2.05) is 0 Å². The number of rotatable bonds is 9. The summed E-state index contributed by atoms with van der Waals surface area (Å²) in [6, 6.07) is 11.5. The van der Waals surface area contributed by atoms with E-state index in [2.05, 4.69) is 75.2 Å². The van der Waals surface area contributed by atoms with Gasteiger partial charge in [-0.25, -0.2) is 0 Å². The van der Waals surface area contributed by atoms with Crippen LogP contribution in [0.25, 0.3) is 0 Å². The van der Waals surface area contributed by atoms with Gasteiger partial charge in [-0.15, -0.1) is 0 Å². The maximum absolute atomic E-state index is 3.55. The zero-order chi connectivity index (χ0) is 15.0. The van der Waals surface area contributed by atoms with Gasteiger partial charge in [-0.2, -0.15) is 0 Å². The Morgan fingerprint density at radius 2 is 1.80 bits per heavy atom. The second-order valence-electron chi connectivity index (χ2n) is 6.27. The van der Waals surface area contributed by atoms with Crippen LogP contribution in [-0.4, -0.2) is 37.1 Å². The minimum Gasteiger partial charge on any atom is -0.316 e. The third-order valence-corrected chi connectivity index (χ3v) is 4.03. The monoisotopic (exact) mass is 276 g/mol. The van der Waals surface area contributed by atoms with Crippen molar-refractivity contribution in [3.63, 3.8) is 0 Å². The topological polar surface area (TPSA) is 15.3 Å². The van der Waals surface area contributed by atoms with Gasteiger partial charge in [-0.3, -0.25) is 0 Å². The van der Waals surface area contributed by atoms with Gasteiger partial charge in [0.15, 0.2) is 0 Å². The predicted molar refractivity (Wildman–Crippen MR) is 89.3 cm³/mol. The highest BCUT2D eigenvalue weighted by atomic mass is 15.2. The van der Waals surface area contributed by atoms with E-state index < -0.39 is 0 Å². The molecule has 0 aromatic heterocycles. The zero-order valence-electron chi connectivity index (χ0n) is 13.9. The second-order valence-corrected chi connectivity index (χ2v) is 6.27. The molecule has 0 aliphatic heterocycles. The van der Waals surface area contributed by atoms with E-state index >= 15 is 0 Å². The highest BCUT2D eigenvalue weighted by Gasteiger charge is 2.29.